The average molecular weight is 466 g/mol. The fourth-order valence-corrected chi connectivity index (χ4v) is 5.76. The van der Waals surface area contributed by atoms with Crippen molar-refractivity contribution in [2.75, 3.05) is 26.2 Å². The number of piperazine rings is 1. The molecule has 2 fully saturated rings. The molecule has 126 valence electrons. The van der Waals surface area contributed by atoms with Gasteiger partial charge in [-0.3, -0.25) is 4.79 Å². The molecule has 0 N–H and O–H groups in total. The zero-order chi connectivity index (χ0) is 16.6. The Balaban J connectivity index is 1.71. The SMILES string of the molecule is O=C(C1CCC1)N1CCN(S(=O)(=O)c2cc(Br)ccc2Br)CC1. The molecular formula is C15H18Br2N2O3S. The van der Waals surface area contributed by atoms with Crippen molar-refractivity contribution in [1.82, 2.24) is 9.21 Å². The first kappa shape index (κ1) is 17.4. The number of sulfonamides is 1. The zero-order valence-electron chi connectivity index (χ0n) is 12.5. The van der Waals surface area contributed by atoms with E-state index in [4.69, 9.17) is 0 Å². The molecule has 1 amide bonds. The van der Waals surface area contributed by atoms with Gasteiger partial charge in [-0.15, -0.1) is 0 Å². The topological polar surface area (TPSA) is 57.7 Å². The Morgan fingerprint density at radius 1 is 1.09 bits per heavy atom. The van der Waals surface area contributed by atoms with Crippen LogP contribution in [0.3, 0.4) is 0 Å². The quantitative estimate of drug-likeness (QED) is 0.689. The van der Waals surface area contributed by atoms with E-state index in [1.165, 1.54) is 4.31 Å². The molecule has 1 aromatic rings. The Morgan fingerprint density at radius 3 is 2.30 bits per heavy atom. The van der Waals surface area contributed by atoms with E-state index in [9.17, 15) is 13.2 Å². The van der Waals surface area contributed by atoms with Crippen molar-refractivity contribution in [3.8, 4) is 0 Å². The molecule has 0 bridgehead atoms. The minimum Gasteiger partial charge on any atom is -0.340 e. The smallest absolute Gasteiger partial charge is 0.244 e. The summed E-state index contributed by atoms with van der Waals surface area (Å²) >= 11 is 6.63. The molecule has 3 rings (SSSR count). The van der Waals surface area contributed by atoms with Crippen LogP contribution < -0.4 is 0 Å². The lowest BCUT2D eigenvalue weighted by atomic mass is 9.84. The second-order valence-electron chi connectivity index (χ2n) is 5.93. The standard InChI is InChI=1S/C15H18Br2N2O3S/c16-12-4-5-13(17)14(10-12)23(21,22)19-8-6-18(7-9-19)15(20)11-2-1-3-11/h4-5,10-11H,1-3,6-9H2. The maximum Gasteiger partial charge on any atom is 0.244 e. The first-order valence-electron chi connectivity index (χ1n) is 7.63. The van der Waals surface area contributed by atoms with Gasteiger partial charge >= 0.3 is 0 Å². The number of carbonyl (C=O) groups is 1. The highest BCUT2D eigenvalue weighted by Gasteiger charge is 2.35. The fourth-order valence-electron chi connectivity index (χ4n) is 2.88. The van der Waals surface area contributed by atoms with Crippen LogP contribution in [-0.4, -0.2) is 49.7 Å². The summed E-state index contributed by atoms with van der Waals surface area (Å²) in [5.74, 6) is 0.356. The van der Waals surface area contributed by atoms with Gasteiger partial charge in [0.1, 0.15) is 0 Å². The van der Waals surface area contributed by atoms with E-state index in [1.807, 2.05) is 4.90 Å². The van der Waals surface area contributed by atoms with Crippen molar-refractivity contribution in [3.63, 3.8) is 0 Å². The third kappa shape index (κ3) is 3.50. The van der Waals surface area contributed by atoms with Crippen molar-refractivity contribution < 1.29 is 13.2 Å². The third-order valence-corrected chi connectivity index (χ3v) is 7.90. The molecule has 1 aromatic carbocycles. The van der Waals surface area contributed by atoms with Crippen LogP contribution in [0.5, 0.6) is 0 Å². The lowest BCUT2D eigenvalue weighted by Gasteiger charge is -2.37. The predicted molar refractivity (Wildman–Crippen MR) is 94.5 cm³/mol. The summed E-state index contributed by atoms with van der Waals surface area (Å²) in [6.07, 6.45) is 3.08. The number of rotatable bonds is 3. The van der Waals surface area contributed by atoms with Crippen molar-refractivity contribution in [2.24, 2.45) is 5.92 Å². The van der Waals surface area contributed by atoms with Gasteiger partial charge in [0.15, 0.2) is 0 Å². The number of nitrogens with zero attached hydrogens (tertiary/aromatic N) is 2. The number of hydrogen-bond donors (Lipinski definition) is 0. The highest BCUT2D eigenvalue weighted by atomic mass is 79.9. The van der Waals surface area contributed by atoms with Crippen LogP contribution >= 0.6 is 31.9 Å². The summed E-state index contributed by atoms with van der Waals surface area (Å²) in [4.78, 5) is 14.3. The van der Waals surface area contributed by atoms with Gasteiger partial charge < -0.3 is 4.90 Å². The third-order valence-electron chi connectivity index (χ3n) is 4.52. The molecule has 0 aromatic heterocycles. The molecule has 1 aliphatic carbocycles. The molecule has 23 heavy (non-hydrogen) atoms. The fraction of sp³-hybridized carbons (Fsp3) is 0.533. The van der Waals surface area contributed by atoms with E-state index in [-0.39, 0.29) is 16.7 Å². The maximum atomic E-state index is 12.8. The molecule has 0 atom stereocenters. The second-order valence-corrected chi connectivity index (χ2v) is 9.61. The van der Waals surface area contributed by atoms with Crippen LogP contribution in [0.1, 0.15) is 19.3 Å². The Kier molecular flexibility index (Phi) is 5.15. The number of carbonyl (C=O) groups excluding carboxylic acids is 1. The lowest BCUT2D eigenvalue weighted by Crippen LogP contribution is -2.52. The van der Waals surface area contributed by atoms with E-state index < -0.39 is 10.0 Å². The van der Waals surface area contributed by atoms with E-state index in [0.29, 0.717) is 30.7 Å². The summed E-state index contributed by atoms with van der Waals surface area (Å²) in [6, 6.07) is 5.11. The second kappa shape index (κ2) is 6.82. The maximum absolute atomic E-state index is 12.8. The van der Waals surface area contributed by atoms with E-state index >= 15 is 0 Å². The number of benzene rings is 1. The van der Waals surface area contributed by atoms with Gasteiger partial charge in [-0.05, 0) is 47.0 Å². The molecular weight excluding hydrogens is 448 g/mol. The van der Waals surface area contributed by atoms with E-state index in [2.05, 4.69) is 31.9 Å². The van der Waals surface area contributed by atoms with Crippen molar-refractivity contribution >= 4 is 47.8 Å². The van der Waals surface area contributed by atoms with Crippen molar-refractivity contribution in [2.45, 2.75) is 24.2 Å². The highest BCUT2D eigenvalue weighted by Crippen LogP contribution is 2.31. The normalized spacial score (nSPS) is 20.3. The van der Waals surface area contributed by atoms with Crippen LogP contribution in [0.2, 0.25) is 0 Å². The van der Waals surface area contributed by atoms with Gasteiger partial charge in [-0.2, -0.15) is 4.31 Å². The minimum absolute atomic E-state index is 0.164. The summed E-state index contributed by atoms with van der Waals surface area (Å²) < 4.78 is 28.4. The van der Waals surface area contributed by atoms with Crippen LogP contribution in [0.4, 0.5) is 0 Å². The molecule has 0 unspecified atom stereocenters. The van der Waals surface area contributed by atoms with Crippen molar-refractivity contribution in [3.05, 3.63) is 27.1 Å². The number of halogens is 2. The van der Waals surface area contributed by atoms with E-state index in [1.54, 1.807) is 18.2 Å². The lowest BCUT2D eigenvalue weighted by molar-refractivity contribution is -0.139. The van der Waals surface area contributed by atoms with E-state index in [0.717, 1.165) is 23.7 Å². The van der Waals surface area contributed by atoms with Crippen LogP contribution in [0.15, 0.2) is 32.0 Å². The van der Waals surface area contributed by atoms with Gasteiger partial charge in [-0.25, -0.2) is 8.42 Å². The molecule has 1 saturated carbocycles. The summed E-state index contributed by atoms with van der Waals surface area (Å²) in [5.41, 5.74) is 0. The molecule has 8 heteroatoms. The van der Waals surface area contributed by atoms with Gasteiger partial charge in [-0.1, -0.05) is 22.4 Å². The van der Waals surface area contributed by atoms with Gasteiger partial charge in [0.2, 0.25) is 15.9 Å². The minimum atomic E-state index is -3.56. The molecule has 1 saturated heterocycles. The average Bonchev–Trinajstić information content (AvgIpc) is 2.48. The molecule has 0 radical (unpaired) electrons. The van der Waals surface area contributed by atoms with Crippen LogP contribution in [0.25, 0.3) is 0 Å². The highest BCUT2D eigenvalue weighted by molar-refractivity contribution is 9.11. The predicted octanol–water partition coefficient (Wildman–Crippen LogP) is 2.84. The molecule has 0 spiro atoms. The number of amides is 1. The summed E-state index contributed by atoms with van der Waals surface area (Å²) in [7, 11) is -3.56. The molecule has 1 heterocycles. The number of hydrogen-bond acceptors (Lipinski definition) is 3. The van der Waals surface area contributed by atoms with Crippen LogP contribution in [-0.2, 0) is 14.8 Å². The monoisotopic (exact) mass is 464 g/mol. The van der Waals surface area contributed by atoms with Crippen LogP contribution in [0, 0.1) is 5.92 Å². The zero-order valence-corrected chi connectivity index (χ0v) is 16.5. The summed E-state index contributed by atoms with van der Waals surface area (Å²) in [6.45, 7) is 1.64. The largest absolute Gasteiger partial charge is 0.340 e. The van der Waals surface area contributed by atoms with Gasteiger partial charge in [0, 0.05) is 41.0 Å². The Hall–Kier alpha value is -0.440. The molecule has 2 aliphatic rings. The Labute approximate surface area is 153 Å². The first-order chi connectivity index (χ1) is 10.9. The molecule has 5 nitrogen and oxygen atoms in total. The Bertz CT molecular complexity index is 711. The Morgan fingerprint density at radius 2 is 1.74 bits per heavy atom. The van der Waals surface area contributed by atoms with Crippen molar-refractivity contribution in [1.29, 1.82) is 0 Å². The summed E-state index contributed by atoms with van der Waals surface area (Å²) in [5, 5.41) is 0. The molecule has 1 aliphatic heterocycles. The first-order valence-corrected chi connectivity index (χ1v) is 10.7. The van der Waals surface area contributed by atoms with Gasteiger partial charge in [0.25, 0.3) is 0 Å². The van der Waals surface area contributed by atoms with Gasteiger partial charge in [0.05, 0.1) is 4.90 Å².